The highest BCUT2D eigenvalue weighted by atomic mass is 32.2. The molecule has 0 saturated carbocycles. The Kier molecular flexibility index (Phi) is 5.63. The first-order valence-electron chi connectivity index (χ1n) is 6.83. The van der Waals surface area contributed by atoms with Crippen molar-refractivity contribution in [1.82, 2.24) is 4.90 Å². The van der Waals surface area contributed by atoms with Gasteiger partial charge < -0.3 is 19.7 Å². The zero-order chi connectivity index (χ0) is 17.9. The number of thioether (sulfide) groups is 1. The molecule has 1 fully saturated rings. The number of phenolic OH excluding ortho intramolecular Hbond substituents is 1. The van der Waals surface area contributed by atoms with Gasteiger partial charge in [-0.15, -0.1) is 6.58 Å². The number of methoxy groups -OCH3 is 1. The maximum absolute atomic E-state index is 12.2. The van der Waals surface area contributed by atoms with E-state index in [1.165, 1.54) is 7.11 Å². The normalized spacial score (nSPS) is 15.9. The number of hydrogen-bond acceptors (Lipinski definition) is 7. The van der Waals surface area contributed by atoms with Gasteiger partial charge in [0.05, 0.1) is 24.5 Å². The van der Waals surface area contributed by atoms with Crippen LogP contribution in [0.2, 0.25) is 0 Å². The van der Waals surface area contributed by atoms with E-state index >= 15 is 0 Å². The van der Waals surface area contributed by atoms with Crippen LogP contribution >= 0.6 is 24.0 Å². The molecular formula is C16H14NO5S2-. The van der Waals surface area contributed by atoms with Crippen LogP contribution in [0, 0.1) is 0 Å². The predicted octanol–water partition coefficient (Wildman–Crippen LogP) is 1.08. The molecule has 1 aliphatic rings. The van der Waals surface area contributed by atoms with Crippen molar-refractivity contribution >= 4 is 46.3 Å². The van der Waals surface area contributed by atoms with Crippen LogP contribution in [0.1, 0.15) is 11.1 Å². The number of carboxylic acid groups (broad SMARTS) is 1. The van der Waals surface area contributed by atoms with Crippen LogP contribution in [0.4, 0.5) is 0 Å². The molecule has 24 heavy (non-hydrogen) atoms. The molecule has 0 radical (unpaired) electrons. The Morgan fingerprint density at radius 2 is 2.25 bits per heavy atom. The Bertz CT molecular complexity index is 757. The number of phenols is 1. The lowest BCUT2D eigenvalue weighted by molar-refractivity contribution is -0.305. The summed E-state index contributed by atoms with van der Waals surface area (Å²) in [5.74, 6) is -1.59. The third kappa shape index (κ3) is 3.77. The molecule has 1 aliphatic heterocycles. The van der Waals surface area contributed by atoms with Crippen LogP contribution in [0.5, 0.6) is 11.5 Å². The number of thiocarbonyl (C=S) groups is 1. The molecule has 0 bridgehead atoms. The van der Waals surface area contributed by atoms with Gasteiger partial charge in [0.1, 0.15) is 4.32 Å². The number of carboxylic acids is 1. The summed E-state index contributed by atoms with van der Waals surface area (Å²) >= 11 is 6.03. The summed E-state index contributed by atoms with van der Waals surface area (Å²) in [6.45, 7) is 3.05. The van der Waals surface area contributed by atoms with E-state index in [2.05, 4.69) is 6.58 Å². The van der Waals surface area contributed by atoms with Gasteiger partial charge in [0.15, 0.2) is 11.5 Å². The van der Waals surface area contributed by atoms with E-state index in [1.807, 2.05) is 0 Å². The average molecular weight is 364 g/mol. The van der Waals surface area contributed by atoms with Crippen LogP contribution in [-0.2, 0) is 16.0 Å². The molecule has 1 N–H and O–H groups in total. The Balaban J connectivity index is 2.39. The minimum atomic E-state index is -1.38. The van der Waals surface area contributed by atoms with E-state index in [9.17, 15) is 19.8 Å². The molecule has 2 rings (SSSR count). The van der Waals surface area contributed by atoms with Crippen LogP contribution < -0.4 is 9.84 Å². The SMILES string of the molecule is C=CCc1cc(/C=C2/SC(=S)N(CC(=O)[O-])C2=O)cc(OC)c1O. The summed E-state index contributed by atoms with van der Waals surface area (Å²) in [6, 6.07) is 3.28. The van der Waals surface area contributed by atoms with Crippen molar-refractivity contribution < 1.29 is 24.5 Å². The van der Waals surface area contributed by atoms with Crippen LogP contribution in [0.3, 0.4) is 0 Å². The molecular weight excluding hydrogens is 350 g/mol. The molecule has 0 aliphatic carbocycles. The number of carbonyl (C=O) groups excluding carboxylic acids is 2. The van der Waals surface area contributed by atoms with Gasteiger partial charge in [0.25, 0.3) is 5.91 Å². The van der Waals surface area contributed by atoms with Gasteiger partial charge in [-0.05, 0) is 30.2 Å². The van der Waals surface area contributed by atoms with E-state index in [1.54, 1.807) is 24.3 Å². The molecule has 1 saturated heterocycles. The number of nitrogens with zero attached hydrogens (tertiary/aromatic N) is 1. The van der Waals surface area contributed by atoms with Gasteiger partial charge in [0, 0.05) is 5.56 Å². The highest BCUT2D eigenvalue weighted by Gasteiger charge is 2.32. The lowest BCUT2D eigenvalue weighted by Gasteiger charge is -2.14. The fraction of sp³-hybridized carbons (Fsp3) is 0.188. The Labute approximate surface area is 148 Å². The van der Waals surface area contributed by atoms with Gasteiger partial charge in [0.2, 0.25) is 0 Å². The van der Waals surface area contributed by atoms with Crippen LogP contribution in [0.15, 0.2) is 29.7 Å². The van der Waals surface area contributed by atoms with Crippen LogP contribution in [-0.4, -0.2) is 39.9 Å². The minimum absolute atomic E-state index is 0.0130. The summed E-state index contributed by atoms with van der Waals surface area (Å²) in [7, 11) is 1.43. The lowest BCUT2D eigenvalue weighted by atomic mass is 10.1. The van der Waals surface area contributed by atoms with Crippen molar-refractivity contribution in [3.63, 3.8) is 0 Å². The van der Waals surface area contributed by atoms with Crippen molar-refractivity contribution in [2.24, 2.45) is 0 Å². The van der Waals surface area contributed by atoms with E-state index in [-0.39, 0.29) is 15.8 Å². The smallest absolute Gasteiger partial charge is 0.266 e. The van der Waals surface area contributed by atoms with Gasteiger partial charge in [-0.1, -0.05) is 30.1 Å². The molecule has 6 nitrogen and oxygen atoms in total. The predicted molar refractivity (Wildman–Crippen MR) is 93.4 cm³/mol. The summed E-state index contributed by atoms with van der Waals surface area (Å²) < 4.78 is 5.29. The molecule has 0 aromatic heterocycles. The fourth-order valence-corrected chi connectivity index (χ4v) is 3.41. The quantitative estimate of drug-likeness (QED) is 0.459. The maximum Gasteiger partial charge on any atom is 0.266 e. The molecule has 0 atom stereocenters. The van der Waals surface area contributed by atoms with Gasteiger partial charge in [-0.25, -0.2) is 0 Å². The number of allylic oxidation sites excluding steroid dienone is 1. The molecule has 0 unspecified atom stereocenters. The van der Waals surface area contributed by atoms with Gasteiger partial charge in [-0.3, -0.25) is 9.69 Å². The van der Waals surface area contributed by atoms with E-state index in [4.69, 9.17) is 17.0 Å². The Morgan fingerprint density at radius 3 is 2.83 bits per heavy atom. The number of carbonyl (C=O) groups is 2. The second kappa shape index (κ2) is 7.50. The Hall–Kier alpha value is -2.32. The minimum Gasteiger partial charge on any atom is -0.548 e. The topological polar surface area (TPSA) is 89.9 Å². The number of aliphatic carboxylic acids is 1. The lowest BCUT2D eigenvalue weighted by Crippen LogP contribution is -2.40. The van der Waals surface area contributed by atoms with E-state index < -0.39 is 18.4 Å². The second-order valence-electron chi connectivity index (χ2n) is 4.86. The van der Waals surface area contributed by atoms with Crippen molar-refractivity contribution in [2.45, 2.75) is 6.42 Å². The van der Waals surface area contributed by atoms with Crippen molar-refractivity contribution in [2.75, 3.05) is 13.7 Å². The summed E-state index contributed by atoms with van der Waals surface area (Å²) in [6.07, 6.45) is 3.64. The number of hydrogen-bond donors (Lipinski definition) is 1. The molecule has 1 heterocycles. The third-order valence-corrected chi connectivity index (χ3v) is 4.60. The van der Waals surface area contributed by atoms with Crippen LogP contribution in [0.25, 0.3) is 6.08 Å². The first-order chi connectivity index (χ1) is 11.4. The molecule has 1 amide bonds. The van der Waals surface area contributed by atoms with Gasteiger partial charge >= 0.3 is 0 Å². The third-order valence-electron chi connectivity index (χ3n) is 3.22. The summed E-state index contributed by atoms with van der Waals surface area (Å²) in [4.78, 5) is 24.2. The van der Waals surface area contributed by atoms with E-state index in [0.29, 0.717) is 22.5 Å². The monoisotopic (exact) mass is 364 g/mol. The zero-order valence-electron chi connectivity index (χ0n) is 12.8. The van der Waals surface area contributed by atoms with Gasteiger partial charge in [-0.2, -0.15) is 0 Å². The number of rotatable bonds is 6. The standard InChI is InChI=1S/C16H15NO5S2/c1-3-4-10-5-9(6-11(22-2)14(10)20)7-12-15(21)17(8-13(18)19)16(23)24-12/h3,5-7,20H,1,4,8H2,2H3,(H,18,19)/p-1/b12-7+. The number of amides is 1. The van der Waals surface area contributed by atoms with Crippen molar-refractivity contribution in [3.8, 4) is 11.5 Å². The second-order valence-corrected chi connectivity index (χ2v) is 6.54. The highest BCUT2D eigenvalue weighted by molar-refractivity contribution is 8.26. The summed E-state index contributed by atoms with van der Waals surface area (Å²) in [5.41, 5.74) is 1.22. The first kappa shape index (κ1) is 18.0. The Morgan fingerprint density at radius 1 is 1.54 bits per heavy atom. The van der Waals surface area contributed by atoms with Crippen molar-refractivity contribution in [1.29, 1.82) is 0 Å². The maximum atomic E-state index is 12.2. The van der Waals surface area contributed by atoms with E-state index in [0.717, 1.165) is 16.7 Å². The highest BCUT2D eigenvalue weighted by Crippen LogP contribution is 2.36. The number of ether oxygens (including phenoxy) is 1. The molecule has 1 aromatic rings. The first-order valence-corrected chi connectivity index (χ1v) is 8.05. The average Bonchev–Trinajstić information content (AvgIpc) is 2.77. The molecule has 1 aromatic carbocycles. The fourth-order valence-electron chi connectivity index (χ4n) is 2.16. The molecule has 8 heteroatoms. The molecule has 0 spiro atoms. The summed E-state index contributed by atoms with van der Waals surface area (Å²) in [5, 5.41) is 20.8. The zero-order valence-corrected chi connectivity index (χ0v) is 14.4. The largest absolute Gasteiger partial charge is 0.548 e. The number of aromatic hydroxyl groups is 1. The molecule has 126 valence electrons. The van der Waals surface area contributed by atoms with Crippen molar-refractivity contribution in [3.05, 3.63) is 40.8 Å². The number of benzene rings is 1.